The molecule has 2 aromatic carbocycles. The number of nitrogens with one attached hydrogen (secondary N) is 1. The summed E-state index contributed by atoms with van der Waals surface area (Å²) >= 11 is 0. The van der Waals surface area contributed by atoms with E-state index >= 15 is 0 Å². The van der Waals surface area contributed by atoms with Crippen LogP contribution in [0.5, 0.6) is 5.75 Å². The molecule has 6 heteroatoms. The molecule has 1 heterocycles. The second-order valence-corrected chi connectivity index (χ2v) is 7.47. The number of amides is 1. The van der Waals surface area contributed by atoms with Gasteiger partial charge in [-0.3, -0.25) is 9.48 Å². The summed E-state index contributed by atoms with van der Waals surface area (Å²) in [6.07, 6.45) is 1.01. The first kappa shape index (κ1) is 20.3. The molecule has 0 fully saturated rings. The number of benzene rings is 2. The number of hydrogen-bond acceptors (Lipinski definition) is 4. The van der Waals surface area contributed by atoms with E-state index in [1.165, 1.54) is 5.56 Å². The number of aryl methyl sites for hydroxylation is 1. The Labute approximate surface area is 170 Å². The van der Waals surface area contributed by atoms with Crippen molar-refractivity contribution in [2.24, 2.45) is 18.1 Å². The van der Waals surface area contributed by atoms with Gasteiger partial charge in [-0.25, -0.2) is 5.43 Å². The second-order valence-electron chi connectivity index (χ2n) is 7.47. The fraction of sp³-hybridized carbons (Fsp3) is 0.261. The first-order chi connectivity index (χ1) is 13.9. The zero-order chi connectivity index (χ0) is 21.0. The van der Waals surface area contributed by atoms with E-state index in [0.29, 0.717) is 28.6 Å². The number of aromatic nitrogens is 2. The number of aromatic hydroxyl groups is 1. The molecule has 0 unspecified atom stereocenters. The first-order valence-electron chi connectivity index (χ1n) is 9.62. The Morgan fingerprint density at radius 2 is 1.79 bits per heavy atom. The molecule has 1 aromatic heterocycles. The second kappa shape index (κ2) is 8.73. The highest BCUT2D eigenvalue weighted by molar-refractivity contribution is 6.02. The number of nitrogens with zero attached hydrogens (tertiary/aromatic N) is 3. The number of hydrazone groups is 1. The van der Waals surface area contributed by atoms with Gasteiger partial charge in [-0.05, 0) is 37.0 Å². The van der Waals surface area contributed by atoms with Crippen LogP contribution in [0.2, 0.25) is 0 Å². The molecule has 0 bridgehead atoms. The summed E-state index contributed by atoms with van der Waals surface area (Å²) in [7, 11) is 1.77. The van der Waals surface area contributed by atoms with Crippen LogP contribution in [0.15, 0.2) is 59.7 Å². The van der Waals surface area contributed by atoms with Crippen LogP contribution in [0.3, 0.4) is 0 Å². The van der Waals surface area contributed by atoms with Crippen molar-refractivity contribution in [3.8, 4) is 17.0 Å². The summed E-state index contributed by atoms with van der Waals surface area (Å²) in [4.78, 5) is 12.2. The molecule has 0 aliphatic carbocycles. The third-order valence-electron chi connectivity index (χ3n) is 4.60. The van der Waals surface area contributed by atoms with Crippen molar-refractivity contribution in [2.75, 3.05) is 0 Å². The van der Waals surface area contributed by atoms with Gasteiger partial charge < -0.3 is 5.11 Å². The predicted octanol–water partition coefficient (Wildman–Crippen LogP) is 4.15. The van der Waals surface area contributed by atoms with Crippen LogP contribution < -0.4 is 5.43 Å². The number of carbonyl (C=O) groups excluding carboxylic acids is 1. The largest absolute Gasteiger partial charge is 0.504 e. The Morgan fingerprint density at radius 3 is 2.41 bits per heavy atom. The molecule has 0 spiro atoms. The summed E-state index contributed by atoms with van der Waals surface area (Å²) in [5.74, 6) is 0.308. The third-order valence-corrected chi connectivity index (χ3v) is 4.60. The van der Waals surface area contributed by atoms with Crippen molar-refractivity contribution in [3.63, 3.8) is 0 Å². The zero-order valence-electron chi connectivity index (χ0n) is 17.2. The highest BCUT2D eigenvalue weighted by Crippen LogP contribution is 2.32. The minimum absolute atomic E-state index is 0.0410. The lowest BCUT2D eigenvalue weighted by atomic mass is 10.0. The lowest BCUT2D eigenvalue weighted by Crippen LogP contribution is -2.19. The molecule has 0 radical (unpaired) electrons. The monoisotopic (exact) mass is 390 g/mol. The molecule has 3 rings (SSSR count). The van der Waals surface area contributed by atoms with Gasteiger partial charge in [0.1, 0.15) is 5.69 Å². The molecule has 29 heavy (non-hydrogen) atoms. The molecule has 0 atom stereocenters. The van der Waals surface area contributed by atoms with E-state index in [1.807, 2.05) is 18.2 Å². The van der Waals surface area contributed by atoms with Crippen molar-refractivity contribution in [3.05, 3.63) is 71.4 Å². The van der Waals surface area contributed by atoms with Gasteiger partial charge in [-0.15, -0.1) is 0 Å². The Kier molecular flexibility index (Phi) is 6.12. The predicted molar refractivity (Wildman–Crippen MR) is 115 cm³/mol. The molecule has 1 amide bonds. The molecule has 0 saturated carbocycles. The first-order valence-corrected chi connectivity index (χ1v) is 9.62. The van der Waals surface area contributed by atoms with Gasteiger partial charge in [0.05, 0.1) is 5.71 Å². The molecule has 150 valence electrons. The summed E-state index contributed by atoms with van der Waals surface area (Å²) in [6, 6.07) is 16.9. The van der Waals surface area contributed by atoms with Gasteiger partial charge in [0, 0.05) is 18.2 Å². The van der Waals surface area contributed by atoms with Gasteiger partial charge >= 0.3 is 0 Å². The van der Waals surface area contributed by atoms with Gasteiger partial charge in [0.2, 0.25) is 0 Å². The molecule has 0 saturated heterocycles. The Balaban J connectivity index is 1.82. The molecular formula is C23H26N4O2. The number of hydrogen-bond donors (Lipinski definition) is 2. The Bertz CT molecular complexity index is 1020. The number of carbonyl (C=O) groups is 1. The van der Waals surface area contributed by atoms with Crippen LogP contribution in [0, 0.1) is 5.92 Å². The van der Waals surface area contributed by atoms with Crippen molar-refractivity contribution >= 4 is 11.6 Å². The van der Waals surface area contributed by atoms with E-state index in [2.05, 4.69) is 41.6 Å². The number of rotatable bonds is 6. The highest BCUT2D eigenvalue weighted by atomic mass is 16.3. The van der Waals surface area contributed by atoms with Gasteiger partial charge in [-0.2, -0.15) is 10.2 Å². The summed E-state index contributed by atoms with van der Waals surface area (Å²) in [5.41, 5.74) is 6.51. The van der Waals surface area contributed by atoms with Gasteiger partial charge in [0.25, 0.3) is 5.91 Å². The fourth-order valence-electron chi connectivity index (χ4n) is 3.19. The minimum atomic E-state index is -0.318. The van der Waals surface area contributed by atoms with Crippen LogP contribution in [0.4, 0.5) is 0 Å². The lowest BCUT2D eigenvalue weighted by molar-refractivity contribution is 0.0955. The van der Waals surface area contributed by atoms with E-state index in [1.54, 1.807) is 42.9 Å². The van der Waals surface area contributed by atoms with E-state index in [0.717, 1.165) is 12.0 Å². The molecule has 6 nitrogen and oxygen atoms in total. The maximum Gasteiger partial charge on any atom is 0.271 e. The summed E-state index contributed by atoms with van der Waals surface area (Å²) < 4.78 is 1.63. The quantitative estimate of drug-likeness (QED) is 0.490. The van der Waals surface area contributed by atoms with E-state index in [4.69, 9.17) is 0 Å². The molecule has 2 N–H and O–H groups in total. The van der Waals surface area contributed by atoms with Gasteiger partial charge in [-0.1, -0.05) is 56.3 Å². The maximum absolute atomic E-state index is 12.2. The smallest absolute Gasteiger partial charge is 0.271 e. The van der Waals surface area contributed by atoms with Crippen molar-refractivity contribution in [1.29, 1.82) is 0 Å². The van der Waals surface area contributed by atoms with Crippen LogP contribution in [-0.2, 0) is 13.5 Å². The zero-order valence-corrected chi connectivity index (χ0v) is 17.2. The lowest BCUT2D eigenvalue weighted by Gasteiger charge is -2.07. The summed E-state index contributed by atoms with van der Waals surface area (Å²) in [6.45, 7) is 6.07. The molecular weight excluding hydrogens is 364 g/mol. The van der Waals surface area contributed by atoms with E-state index in [-0.39, 0.29) is 11.7 Å². The maximum atomic E-state index is 12.2. The van der Waals surface area contributed by atoms with Crippen LogP contribution in [0.25, 0.3) is 11.3 Å². The topological polar surface area (TPSA) is 79.5 Å². The van der Waals surface area contributed by atoms with E-state index < -0.39 is 0 Å². The average molecular weight is 390 g/mol. The normalized spacial score (nSPS) is 11.7. The van der Waals surface area contributed by atoms with Crippen molar-refractivity contribution in [1.82, 2.24) is 15.2 Å². The van der Waals surface area contributed by atoms with Crippen LogP contribution in [-0.4, -0.2) is 26.5 Å². The molecule has 3 aromatic rings. The van der Waals surface area contributed by atoms with Crippen LogP contribution >= 0.6 is 0 Å². The summed E-state index contributed by atoms with van der Waals surface area (Å²) in [5, 5.41) is 19.3. The van der Waals surface area contributed by atoms with Crippen molar-refractivity contribution < 1.29 is 9.90 Å². The van der Waals surface area contributed by atoms with E-state index in [9.17, 15) is 9.90 Å². The van der Waals surface area contributed by atoms with Crippen LogP contribution in [0.1, 0.15) is 42.4 Å². The SMILES string of the molecule is CC(=NNC(=O)c1ccccc1)c1nn(C)c(-c2ccc(CC(C)C)cc2)c1O. The highest BCUT2D eigenvalue weighted by Gasteiger charge is 2.19. The minimum Gasteiger partial charge on any atom is -0.504 e. The average Bonchev–Trinajstić information content (AvgIpc) is 3.01. The van der Waals surface area contributed by atoms with Crippen molar-refractivity contribution in [2.45, 2.75) is 27.2 Å². The third kappa shape index (κ3) is 4.71. The standard InChI is InChI=1S/C23H26N4O2/c1-15(2)14-17-10-12-18(13-11-17)21-22(28)20(26-27(21)4)16(3)24-25-23(29)19-8-6-5-7-9-19/h5-13,15,28H,14H2,1-4H3,(H,25,29). The Hall–Kier alpha value is -3.41. The Morgan fingerprint density at radius 1 is 1.14 bits per heavy atom. The molecule has 0 aliphatic heterocycles. The van der Waals surface area contributed by atoms with Gasteiger partial charge in [0.15, 0.2) is 11.4 Å². The fourth-order valence-corrected chi connectivity index (χ4v) is 3.19. The molecule has 0 aliphatic rings.